The number of sulfone groups is 2. The molecular formula is C20H19NO6S2. The van der Waals surface area contributed by atoms with Crippen LogP contribution in [-0.4, -0.2) is 31.1 Å². The first kappa shape index (κ1) is 20.7. The Balaban J connectivity index is 2.24. The highest BCUT2D eigenvalue weighted by Crippen LogP contribution is 2.37. The van der Waals surface area contributed by atoms with Crippen molar-refractivity contribution >= 4 is 25.4 Å². The summed E-state index contributed by atoms with van der Waals surface area (Å²) in [6.45, 7) is 0. The second-order valence-corrected chi connectivity index (χ2v) is 9.75. The minimum Gasteiger partial charge on any atom is -0.495 e. The Morgan fingerprint density at radius 3 is 1.31 bits per heavy atom. The zero-order valence-electron chi connectivity index (χ0n) is 15.7. The van der Waals surface area contributed by atoms with Crippen LogP contribution in [0.25, 0.3) is 0 Å². The molecule has 0 saturated carbocycles. The van der Waals surface area contributed by atoms with Gasteiger partial charge in [0.1, 0.15) is 21.3 Å². The number of rotatable bonds is 6. The Bertz CT molecular complexity index is 1170. The average Bonchev–Trinajstić information content (AvgIpc) is 2.73. The highest BCUT2D eigenvalue weighted by atomic mass is 32.2. The van der Waals surface area contributed by atoms with E-state index in [2.05, 4.69) is 0 Å². The van der Waals surface area contributed by atoms with Gasteiger partial charge in [-0.05, 0) is 36.4 Å². The maximum atomic E-state index is 13.2. The van der Waals surface area contributed by atoms with Gasteiger partial charge in [-0.2, -0.15) is 0 Å². The van der Waals surface area contributed by atoms with Gasteiger partial charge in [-0.1, -0.05) is 30.3 Å². The Hall–Kier alpha value is -3.04. The first-order valence-corrected chi connectivity index (χ1v) is 11.4. The molecule has 3 aromatic rings. The molecule has 0 heterocycles. The maximum Gasteiger partial charge on any atom is 0.212 e. The summed E-state index contributed by atoms with van der Waals surface area (Å²) in [4.78, 5) is -0.863. The molecule has 0 unspecified atom stereocenters. The number of ether oxygens (including phenoxy) is 2. The maximum absolute atomic E-state index is 13.2. The number of anilines is 1. The van der Waals surface area contributed by atoms with Crippen LogP contribution in [0.5, 0.6) is 11.5 Å². The minimum atomic E-state index is -4.14. The molecular weight excluding hydrogens is 414 g/mol. The van der Waals surface area contributed by atoms with E-state index in [9.17, 15) is 16.8 Å². The van der Waals surface area contributed by atoms with E-state index >= 15 is 0 Å². The molecule has 152 valence electrons. The molecule has 3 aromatic carbocycles. The summed E-state index contributed by atoms with van der Waals surface area (Å²) in [5.41, 5.74) is 5.70. The molecule has 9 heteroatoms. The largest absolute Gasteiger partial charge is 0.495 e. The van der Waals surface area contributed by atoms with Gasteiger partial charge in [0.05, 0.1) is 29.7 Å². The summed E-state index contributed by atoms with van der Waals surface area (Å²) in [5, 5.41) is 0. The van der Waals surface area contributed by atoms with Crippen LogP contribution in [0.2, 0.25) is 0 Å². The van der Waals surface area contributed by atoms with E-state index in [-0.39, 0.29) is 36.8 Å². The molecule has 0 fully saturated rings. The number of hydrogen-bond donors (Lipinski definition) is 1. The van der Waals surface area contributed by atoms with E-state index in [1.807, 2.05) is 0 Å². The monoisotopic (exact) mass is 433 g/mol. The van der Waals surface area contributed by atoms with Gasteiger partial charge in [-0.25, -0.2) is 16.8 Å². The average molecular weight is 434 g/mol. The normalized spacial score (nSPS) is 11.8. The van der Waals surface area contributed by atoms with Gasteiger partial charge in [0.2, 0.25) is 19.7 Å². The fourth-order valence-electron chi connectivity index (χ4n) is 2.91. The van der Waals surface area contributed by atoms with E-state index in [0.29, 0.717) is 0 Å². The van der Waals surface area contributed by atoms with Crippen molar-refractivity contribution in [3.8, 4) is 11.5 Å². The predicted molar refractivity (Wildman–Crippen MR) is 108 cm³/mol. The van der Waals surface area contributed by atoms with Crippen LogP contribution >= 0.6 is 0 Å². The van der Waals surface area contributed by atoms with Crippen LogP contribution in [0, 0.1) is 0 Å². The number of benzene rings is 3. The van der Waals surface area contributed by atoms with Gasteiger partial charge >= 0.3 is 0 Å². The summed E-state index contributed by atoms with van der Waals surface area (Å²) < 4.78 is 63.0. The van der Waals surface area contributed by atoms with E-state index in [0.717, 1.165) is 0 Å². The SMILES string of the molecule is COc1ccccc1S(=O)(=O)c1cccc(S(=O)(=O)c2ccccc2OC)c1N. The Morgan fingerprint density at radius 1 is 0.586 bits per heavy atom. The fourth-order valence-corrected chi connectivity index (χ4v) is 6.11. The zero-order chi connectivity index (χ0) is 21.2. The van der Waals surface area contributed by atoms with Crippen molar-refractivity contribution in [1.29, 1.82) is 0 Å². The topological polar surface area (TPSA) is 113 Å². The van der Waals surface area contributed by atoms with Crippen LogP contribution in [0.1, 0.15) is 0 Å². The van der Waals surface area contributed by atoms with Crippen LogP contribution < -0.4 is 15.2 Å². The van der Waals surface area contributed by atoms with E-state index in [1.165, 1.54) is 56.7 Å². The van der Waals surface area contributed by atoms with Crippen molar-refractivity contribution in [2.24, 2.45) is 0 Å². The van der Waals surface area contributed by atoms with Gasteiger partial charge in [0.25, 0.3) is 0 Å². The highest BCUT2D eigenvalue weighted by Gasteiger charge is 2.30. The van der Waals surface area contributed by atoms with Crippen molar-refractivity contribution < 1.29 is 26.3 Å². The third kappa shape index (κ3) is 3.54. The fraction of sp³-hybridized carbons (Fsp3) is 0.100. The summed E-state index contributed by atoms with van der Waals surface area (Å²) >= 11 is 0. The third-order valence-electron chi connectivity index (χ3n) is 4.32. The van der Waals surface area contributed by atoms with E-state index < -0.39 is 19.7 Å². The molecule has 0 atom stereocenters. The molecule has 3 rings (SSSR count). The molecule has 0 aromatic heterocycles. The standard InChI is InChI=1S/C20H19NO6S2/c1-26-14-8-3-5-10-16(14)28(22,23)18-12-7-13-19(20(18)21)29(24,25)17-11-6-4-9-15(17)27-2/h3-13H,21H2,1-2H3. The molecule has 0 aliphatic rings. The van der Waals surface area contributed by atoms with Crippen molar-refractivity contribution in [3.63, 3.8) is 0 Å². The Morgan fingerprint density at radius 2 is 0.931 bits per heavy atom. The smallest absolute Gasteiger partial charge is 0.212 e. The Kier molecular flexibility index (Phi) is 5.54. The molecule has 29 heavy (non-hydrogen) atoms. The number of nitrogens with two attached hydrogens (primary N) is 1. The molecule has 0 aliphatic heterocycles. The first-order valence-electron chi connectivity index (χ1n) is 8.40. The van der Waals surface area contributed by atoms with Gasteiger partial charge in [-0.15, -0.1) is 0 Å². The third-order valence-corrected chi connectivity index (χ3v) is 8.02. The number of hydrogen-bond acceptors (Lipinski definition) is 7. The highest BCUT2D eigenvalue weighted by molar-refractivity contribution is 7.92. The van der Waals surface area contributed by atoms with Crippen LogP contribution in [0.3, 0.4) is 0 Å². The first-order chi connectivity index (χ1) is 13.7. The Labute approximate surface area is 169 Å². The van der Waals surface area contributed by atoms with Crippen molar-refractivity contribution in [1.82, 2.24) is 0 Å². The quantitative estimate of drug-likeness (QED) is 0.595. The minimum absolute atomic E-state index is 0.110. The summed E-state index contributed by atoms with van der Waals surface area (Å²) in [6.07, 6.45) is 0. The second kappa shape index (κ2) is 7.76. The molecule has 0 spiro atoms. The molecule has 2 N–H and O–H groups in total. The van der Waals surface area contributed by atoms with E-state index in [4.69, 9.17) is 15.2 Å². The van der Waals surface area contributed by atoms with Crippen molar-refractivity contribution in [2.45, 2.75) is 19.6 Å². The second-order valence-electron chi connectivity index (χ2n) is 5.98. The lowest BCUT2D eigenvalue weighted by Gasteiger charge is -2.15. The summed E-state index contributed by atoms with van der Waals surface area (Å²) in [6, 6.07) is 15.9. The molecule has 0 bridgehead atoms. The molecule has 0 saturated heterocycles. The van der Waals surface area contributed by atoms with Gasteiger partial charge in [0, 0.05) is 0 Å². The van der Waals surface area contributed by atoms with Crippen LogP contribution in [-0.2, 0) is 19.7 Å². The summed E-state index contributed by atoms with van der Waals surface area (Å²) in [7, 11) is -5.58. The van der Waals surface area contributed by atoms with Crippen LogP contribution in [0.15, 0.2) is 86.3 Å². The number of nitrogen functional groups attached to an aromatic ring is 1. The zero-order valence-corrected chi connectivity index (χ0v) is 17.3. The van der Waals surface area contributed by atoms with Gasteiger partial charge in [0.15, 0.2) is 0 Å². The van der Waals surface area contributed by atoms with Gasteiger partial charge in [-0.3, -0.25) is 0 Å². The number of para-hydroxylation sites is 3. The lowest BCUT2D eigenvalue weighted by molar-refractivity contribution is 0.402. The molecule has 0 radical (unpaired) electrons. The van der Waals surface area contributed by atoms with Gasteiger partial charge < -0.3 is 15.2 Å². The van der Waals surface area contributed by atoms with Crippen LogP contribution in [0.4, 0.5) is 5.69 Å². The lowest BCUT2D eigenvalue weighted by atomic mass is 10.3. The van der Waals surface area contributed by atoms with Crippen molar-refractivity contribution in [3.05, 3.63) is 66.7 Å². The van der Waals surface area contributed by atoms with E-state index in [1.54, 1.807) is 24.3 Å². The molecule has 7 nitrogen and oxygen atoms in total. The number of methoxy groups -OCH3 is 2. The van der Waals surface area contributed by atoms with Crippen molar-refractivity contribution in [2.75, 3.05) is 20.0 Å². The molecule has 0 amide bonds. The summed E-state index contributed by atoms with van der Waals surface area (Å²) in [5.74, 6) is 0.259. The molecule has 0 aliphatic carbocycles. The lowest BCUT2D eigenvalue weighted by Crippen LogP contribution is -2.12. The predicted octanol–water partition coefficient (Wildman–Crippen LogP) is 2.95.